The number of likely N-dealkylation sites (N-methyl/N-ethyl adjacent to an activating group) is 1. The molecule has 1 aromatic rings. The molecule has 0 bridgehead atoms. The number of halogens is 3. The van der Waals surface area contributed by atoms with E-state index < -0.39 is 29.3 Å². The maximum absolute atomic E-state index is 12.6. The van der Waals surface area contributed by atoms with Crippen LogP contribution in [0.15, 0.2) is 35.6 Å². The number of benzene rings is 1. The third kappa shape index (κ3) is 4.06. The van der Waals surface area contributed by atoms with Crippen molar-refractivity contribution in [2.45, 2.75) is 19.0 Å². The Morgan fingerprint density at radius 3 is 2.67 bits per heavy atom. The summed E-state index contributed by atoms with van der Waals surface area (Å²) in [5.74, 6) is -1.72. The maximum atomic E-state index is 12.6. The van der Waals surface area contributed by atoms with Gasteiger partial charge in [-0.2, -0.15) is 13.2 Å². The van der Waals surface area contributed by atoms with Crippen LogP contribution in [0.25, 0.3) is 0 Å². The standard InChI is InChI=1S/C16H17F3N2O3/c1-21-9-12(13(22)15(21)24)14(23)20-7-3-5-10-4-2-6-11(8-10)16(17,18)19/h2,4,6,8,22H,3,5,7,9H2,1H3,(H,20,23). The minimum absolute atomic E-state index is 0.00145. The fraction of sp³-hybridized carbons (Fsp3) is 0.375. The van der Waals surface area contributed by atoms with Crippen molar-refractivity contribution in [2.24, 2.45) is 0 Å². The molecule has 0 atom stereocenters. The molecule has 1 aliphatic rings. The van der Waals surface area contributed by atoms with Gasteiger partial charge in [-0.25, -0.2) is 0 Å². The number of aryl methyl sites for hydroxylation is 1. The van der Waals surface area contributed by atoms with Crippen molar-refractivity contribution < 1.29 is 27.9 Å². The van der Waals surface area contributed by atoms with Crippen molar-refractivity contribution in [3.63, 3.8) is 0 Å². The second kappa shape index (κ2) is 6.94. The quantitative estimate of drug-likeness (QED) is 0.805. The number of aliphatic hydroxyl groups excluding tert-OH is 1. The van der Waals surface area contributed by atoms with Gasteiger partial charge in [-0.1, -0.05) is 18.2 Å². The van der Waals surface area contributed by atoms with Crippen molar-refractivity contribution >= 4 is 11.8 Å². The Bertz CT molecular complexity index is 683. The molecule has 1 aliphatic heterocycles. The molecule has 2 amide bonds. The van der Waals surface area contributed by atoms with E-state index in [2.05, 4.69) is 5.32 Å². The summed E-state index contributed by atoms with van der Waals surface area (Å²) in [5, 5.41) is 12.1. The summed E-state index contributed by atoms with van der Waals surface area (Å²) >= 11 is 0. The van der Waals surface area contributed by atoms with E-state index in [0.29, 0.717) is 18.4 Å². The largest absolute Gasteiger partial charge is 0.503 e. The Kier molecular flexibility index (Phi) is 5.16. The van der Waals surface area contributed by atoms with Crippen LogP contribution >= 0.6 is 0 Å². The van der Waals surface area contributed by atoms with Crippen molar-refractivity contribution in [1.82, 2.24) is 10.2 Å². The van der Waals surface area contributed by atoms with Crippen LogP contribution < -0.4 is 5.32 Å². The van der Waals surface area contributed by atoms with E-state index in [1.807, 2.05) is 0 Å². The molecular weight excluding hydrogens is 325 g/mol. The van der Waals surface area contributed by atoms with Gasteiger partial charge in [-0.15, -0.1) is 0 Å². The summed E-state index contributed by atoms with van der Waals surface area (Å²) in [6.07, 6.45) is -3.58. The van der Waals surface area contributed by atoms with Crippen LogP contribution in [-0.2, 0) is 22.2 Å². The van der Waals surface area contributed by atoms with Gasteiger partial charge in [0.05, 0.1) is 17.7 Å². The van der Waals surface area contributed by atoms with Gasteiger partial charge in [-0.05, 0) is 24.5 Å². The van der Waals surface area contributed by atoms with E-state index in [9.17, 15) is 27.9 Å². The lowest BCUT2D eigenvalue weighted by Gasteiger charge is -2.10. The Hall–Kier alpha value is -2.51. The van der Waals surface area contributed by atoms with Crippen LogP contribution in [0.4, 0.5) is 13.2 Å². The normalized spacial score (nSPS) is 15.2. The first-order valence-electron chi connectivity index (χ1n) is 7.32. The van der Waals surface area contributed by atoms with Gasteiger partial charge in [0.2, 0.25) is 0 Å². The van der Waals surface area contributed by atoms with E-state index in [-0.39, 0.29) is 18.7 Å². The first-order chi connectivity index (χ1) is 11.2. The lowest BCUT2D eigenvalue weighted by Crippen LogP contribution is -2.29. The molecule has 130 valence electrons. The Labute approximate surface area is 136 Å². The molecule has 8 heteroatoms. The van der Waals surface area contributed by atoms with Crippen molar-refractivity contribution in [3.8, 4) is 0 Å². The maximum Gasteiger partial charge on any atom is 0.416 e. The highest BCUT2D eigenvalue weighted by Gasteiger charge is 2.31. The van der Waals surface area contributed by atoms with Gasteiger partial charge in [0.1, 0.15) is 0 Å². The van der Waals surface area contributed by atoms with Crippen molar-refractivity contribution in [1.29, 1.82) is 0 Å². The number of hydrogen-bond acceptors (Lipinski definition) is 3. The number of rotatable bonds is 5. The lowest BCUT2D eigenvalue weighted by atomic mass is 10.1. The Morgan fingerprint density at radius 2 is 2.08 bits per heavy atom. The van der Waals surface area contributed by atoms with Crippen molar-refractivity contribution in [2.75, 3.05) is 20.1 Å². The average Bonchev–Trinajstić information content (AvgIpc) is 2.78. The van der Waals surface area contributed by atoms with Gasteiger partial charge >= 0.3 is 6.18 Å². The lowest BCUT2D eigenvalue weighted by molar-refractivity contribution is -0.137. The molecule has 0 fully saturated rings. The zero-order valence-corrected chi connectivity index (χ0v) is 13.0. The van der Waals surface area contributed by atoms with Crippen LogP contribution in [0.5, 0.6) is 0 Å². The molecule has 24 heavy (non-hydrogen) atoms. The molecule has 0 unspecified atom stereocenters. The van der Waals surface area contributed by atoms with Gasteiger partial charge in [0, 0.05) is 13.6 Å². The van der Waals surface area contributed by atoms with Gasteiger partial charge in [-0.3, -0.25) is 9.59 Å². The number of aliphatic hydroxyl groups is 1. The topological polar surface area (TPSA) is 69.6 Å². The number of carbonyl (C=O) groups excluding carboxylic acids is 2. The van der Waals surface area contributed by atoms with E-state index >= 15 is 0 Å². The zero-order chi connectivity index (χ0) is 17.9. The van der Waals surface area contributed by atoms with E-state index in [4.69, 9.17) is 0 Å². The second-order valence-corrected chi connectivity index (χ2v) is 5.55. The molecule has 0 saturated heterocycles. The predicted molar refractivity (Wildman–Crippen MR) is 80.1 cm³/mol. The van der Waals surface area contributed by atoms with Gasteiger partial charge in [0.15, 0.2) is 5.76 Å². The molecular formula is C16H17F3N2O3. The SMILES string of the molecule is CN1CC(C(=O)NCCCc2cccc(C(F)(F)F)c2)=C(O)C1=O. The molecule has 0 aliphatic carbocycles. The summed E-state index contributed by atoms with van der Waals surface area (Å²) in [6, 6.07) is 5.03. The summed E-state index contributed by atoms with van der Waals surface area (Å²) in [4.78, 5) is 24.5. The third-order valence-corrected chi connectivity index (χ3v) is 3.69. The van der Waals surface area contributed by atoms with Crippen LogP contribution in [0, 0.1) is 0 Å². The first kappa shape index (κ1) is 17.8. The molecule has 0 saturated carbocycles. The number of carbonyl (C=O) groups is 2. The van der Waals surface area contributed by atoms with Crippen LogP contribution in [-0.4, -0.2) is 42.0 Å². The van der Waals surface area contributed by atoms with Crippen molar-refractivity contribution in [3.05, 3.63) is 46.7 Å². The first-order valence-corrected chi connectivity index (χ1v) is 7.32. The third-order valence-electron chi connectivity index (χ3n) is 3.69. The molecule has 2 rings (SSSR count). The molecule has 1 aromatic carbocycles. The van der Waals surface area contributed by atoms with E-state index in [1.165, 1.54) is 18.0 Å². The number of nitrogens with zero attached hydrogens (tertiary/aromatic N) is 1. The predicted octanol–water partition coefficient (Wildman–Crippen LogP) is 2.04. The summed E-state index contributed by atoms with van der Waals surface area (Å²) in [5.41, 5.74) is -0.176. The minimum Gasteiger partial charge on any atom is -0.503 e. The summed E-state index contributed by atoms with van der Waals surface area (Å²) in [6.45, 7) is 0.258. The zero-order valence-electron chi connectivity index (χ0n) is 13.0. The number of hydrogen-bond donors (Lipinski definition) is 2. The van der Waals surface area contributed by atoms with E-state index in [1.54, 1.807) is 6.07 Å². The number of amides is 2. The van der Waals surface area contributed by atoms with Gasteiger partial charge in [0.25, 0.3) is 11.8 Å². The number of nitrogens with one attached hydrogen (secondary N) is 1. The monoisotopic (exact) mass is 342 g/mol. The number of alkyl halides is 3. The molecule has 0 aromatic heterocycles. The fourth-order valence-corrected chi connectivity index (χ4v) is 2.38. The minimum atomic E-state index is -4.38. The highest BCUT2D eigenvalue weighted by Crippen LogP contribution is 2.29. The van der Waals surface area contributed by atoms with Crippen LogP contribution in [0.1, 0.15) is 17.5 Å². The highest BCUT2D eigenvalue weighted by molar-refractivity contribution is 6.06. The van der Waals surface area contributed by atoms with E-state index in [0.717, 1.165) is 12.1 Å². The molecule has 5 nitrogen and oxygen atoms in total. The highest BCUT2D eigenvalue weighted by atomic mass is 19.4. The molecule has 2 N–H and O–H groups in total. The fourth-order valence-electron chi connectivity index (χ4n) is 2.38. The molecule has 0 spiro atoms. The summed E-state index contributed by atoms with van der Waals surface area (Å²) in [7, 11) is 1.46. The second-order valence-electron chi connectivity index (χ2n) is 5.55. The Balaban J connectivity index is 1.84. The smallest absolute Gasteiger partial charge is 0.416 e. The van der Waals surface area contributed by atoms with Crippen LogP contribution in [0.3, 0.4) is 0 Å². The Morgan fingerprint density at radius 1 is 1.38 bits per heavy atom. The molecule has 0 radical (unpaired) electrons. The molecule has 1 heterocycles. The van der Waals surface area contributed by atoms with Gasteiger partial charge < -0.3 is 15.3 Å². The summed E-state index contributed by atoms with van der Waals surface area (Å²) < 4.78 is 37.9. The van der Waals surface area contributed by atoms with Crippen LogP contribution in [0.2, 0.25) is 0 Å². The average molecular weight is 342 g/mol.